The molecule has 94 valence electrons. The van der Waals surface area contributed by atoms with E-state index in [0.29, 0.717) is 12.0 Å². The van der Waals surface area contributed by atoms with Gasteiger partial charge >= 0.3 is 0 Å². The fourth-order valence-electron chi connectivity index (χ4n) is 1.68. The van der Waals surface area contributed by atoms with Gasteiger partial charge in [0.2, 0.25) is 0 Å². The Morgan fingerprint density at radius 2 is 2.12 bits per heavy atom. The number of amides is 1. The summed E-state index contributed by atoms with van der Waals surface area (Å²) < 4.78 is 0. The Hall–Kier alpha value is -1.22. The molecule has 0 aliphatic rings. The van der Waals surface area contributed by atoms with E-state index < -0.39 is 0 Å². The Balaban J connectivity index is 2.70. The van der Waals surface area contributed by atoms with Gasteiger partial charge in [0.15, 0.2) is 0 Å². The number of carbonyl (C=O) groups is 1. The maximum atomic E-state index is 11.9. The van der Waals surface area contributed by atoms with Crippen molar-refractivity contribution in [3.63, 3.8) is 0 Å². The molecule has 0 heterocycles. The lowest BCUT2D eigenvalue weighted by molar-refractivity contribution is 0.0936. The van der Waals surface area contributed by atoms with E-state index in [0.717, 1.165) is 5.56 Å². The smallest absolute Gasteiger partial charge is 0.255 e. The van der Waals surface area contributed by atoms with Crippen LogP contribution in [0.2, 0.25) is 0 Å². The summed E-state index contributed by atoms with van der Waals surface area (Å²) in [5.74, 6) is -0.263. The summed E-state index contributed by atoms with van der Waals surface area (Å²) in [4.78, 5) is 11.9. The number of aromatic hydroxyl groups is 1. The summed E-state index contributed by atoms with van der Waals surface area (Å²) in [5.41, 5.74) is 1.21. The molecule has 3 nitrogen and oxygen atoms in total. The van der Waals surface area contributed by atoms with Crippen LogP contribution in [0.5, 0.6) is 5.75 Å². The van der Waals surface area contributed by atoms with Gasteiger partial charge in [0, 0.05) is 11.4 Å². The third-order valence-electron chi connectivity index (χ3n) is 2.45. The second kappa shape index (κ2) is 5.92. The molecule has 1 aromatic rings. The first-order valence-electron chi connectivity index (χ1n) is 5.64. The van der Waals surface area contributed by atoms with Gasteiger partial charge in [0.1, 0.15) is 5.75 Å². The van der Waals surface area contributed by atoms with Crippen LogP contribution in [0.4, 0.5) is 0 Å². The largest absolute Gasteiger partial charge is 0.507 e. The molecular weight excluding hydrogens is 238 g/mol. The Morgan fingerprint density at radius 1 is 1.47 bits per heavy atom. The van der Waals surface area contributed by atoms with Gasteiger partial charge in [-0.1, -0.05) is 6.07 Å². The van der Waals surface area contributed by atoms with Crippen LogP contribution in [0, 0.1) is 6.92 Å². The van der Waals surface area contributed by atoms with Crippen LogP contribution in [0.1, 0.15) is 36.2 Å². The van der Waals surface area contributed by atoms with Crippen molar-refractivity contribution in [3.8, 4) is 5.75 Å². The van der Waals surface area contributed by atoms with Crippen molar-refractivity contribution in [1.29, 1.82) is 0 Å². The molecule has 0 aliphatic heterocycles. The molecule has 2 N–H and O–H groups in total. The van der Waals surface area contributed by atoms with Crippen LogP contribution in [0.15, 0.2) is 18.2 Å². The van der Waals surface area contributed by atoms with Crippen molar-refractivity contribution < 1.29 is 9.90 Å². The van der Waals surface area contributed by atoms with Gasteiger partial charge in [-0.05, 0) is 44.9 Å². The molecule has 1 rings (SSSR count). The molecule has 1 amide bonds. The Kier molecular flexibility index (Phi) is 4.82. The fourth-order valence-corrected chi connectivity index (χ4v) is 1.95. The van der Waals surface area contributed by atoms with Gasteiger partial charge in [-0.3, -0.25) is 4.79 Å². The zero-order valence-corrected chi connectivity index (χ0v) is 11.1. The summed E-state index contributed by atoms with van der Waals surface area (Å²) in [6.45, 7) is 5.63. The predicted octanol–water partition coefficient (Wildman–Crippen LogP) is 2.84. The monoisotopic (exact) mass is 255 g/mol. The highest BCUT2D eigenvalue weighted by atomic mass is 35.5. The third kappa shape index (κ3) is 4.27. The van der Waals surface area contributed by atoms with E-state index in [1.165, 1.54) is 0 Å². The quantitative estimate of drug-likeness (QED) is 0.813. The van der Waals surface area contributed by atoms with E-state index in [1.54, 1.807) is 18.2 Å². The number of nitrogens with one attached hydrogen (secondary N) is 1. The van der Waals surface area contributed by atoms with Gasteiger partial charge in [0.05, 0.1) is 5.56 Å². The van der Waals surface area contributed by atoms with Crippen LogP contribution in [-0.4, -0.2) is 22.4 Å². The molecule has 2 atom stereocenters. The predicted molar refractivity (Wildman–Crippen MR) is 69.7 cm³/mol. The fraction of sp³-hybridized carbons (Fsp3) is 0.462. The Labute approximate surface area is 107 Å². The molecule has 0 fully saturated rings. The summed E-state index contributed by atoms with van der Waals surface area (Å²) in [6.07, 6.45) is 0.694. The molecule has 0 saturated carbocycles. The zero-order chi connectivity index (χ0) is 13.0. The van der Waals surface area contributed by atoms with E-state index >= 15 is 0 Å². The lowest BCUT2D eigenvalue weighted by atomic mass is 10.1. The number of carbonyl (C=O) groups excluding carboxylic acids is 1. The van der Waals surface area contributed by atoms with Gasteiger partial charge in [0.25, 0.3) is 5.91 Å². The second-order valence-electron chi connectivity index (χ2n) is 4.41. The SMILES string of the molecule is Cc1ccc(C(=O)NC(C)CC(C)Cl)c(O)c1. The van der Waals surface area contributed by atoms with Crippen LogP contribution < -0.4 is 5.32 Å². The van der Waals surface area contributed by atoms with Gasteiger partial charge in [-0.25, -0.2) is 0 Å². The molecule has 4 heteroatoms. The normalized spacial score (nSPS) is 14.1. The molecule has 0 bridgehead atoms. The molecule has 1 aromatic carbocycles. The average molecular weight is 256 g/mol. The lowest BCUT2D eigenvalue weighted by Crippen LogP contribution is -2.33. The summed E-state index contributed by atoms with van der Waals surface area (Å²) >= 11 is 5.85. The molecular formula is C13H18ClNO2. The molecule has 0 aromatic heterocycles. The standard InChI is InChI=1S/C13H18ClNO2/c1-8-4-5-11(12(16)6-8)13(17)15-10(3)7-9(2)14/h4-6,9-10,16H,7H2,1-3H3,(H,15,17). The van der Waals surface area contributed by atoms with Crippen molar-refractivity contribution in [2.75, 3.05) is 0 Å². The summed E-state index contributed by atoms with van der Waals surface area (Å²) in [5, 5.41) is 12.5. The number of halogens is 1. The first-order valence-corrected chi connectivity index (χ1v) is 6.08. The Bertz CT molecular complexity index is 404. The van der Waals surface area contributed by atoms with Crippen LogP contribution in [0.3, 0.4) is 0 Å². The third-order valence-corrected chi connectivity index (χ3v) is 2.63. The lowest BCUT2D eigenvalue weighted by Gasteiger charge is -2.15. The summed E-state index contributed by atoms with van der Waals surface area (Å²) in [7, 11) is 0. The van der Waals surface area contributed by atoms with Crippen molar-refractivity contribution >= 4 is 17.5 Å². The van der Waals surface area contributed by atoms with Crippen molar-refractivity contribution in [2.24, 2.45) is 0 Å². The molecule has 0 aliphatic carbocycles. The summed E-state index contributed by atoms with van der Waals surface area (Å²) in [6, 6.07) is 4.97. The zero-order valence-electron chi connectivity index (χ0n) is 10.3. The van der Waals surface area contributed by atoms with Gasteiger partial charge in [-0.15, -0.1) is 11.6 Å². The molecule has 0 saturated heterocycles. The number of benzene rings is 1. The van der Waals surface area contributed by atoms with Crippen molar-refractivity contribution in [2.45, 2.75) is 38.6 Å². The highest BCUT2D eigenvalue weighted by molar-refractivity contribution is 6.20. The number of hydrogen-bond donors (Lipinski definition) is 2. The van der Waals surface area contributed by atoms with Gasteiger partial charge < -0.3 is 10.4 Å². The minimum Gasteiger partial charge on any atom is -0.507 e. The molecule has 0 spiro atoms. The number of rotatable bonds is 4. The van der Waals surface area contributed by atoms with E-state index in [1.807, 2.05) is 20.8 Å². The maximum Gasteiger partial charge on any atom is 0.255 e. The number of aryl methyl sites for hydroxylation is 1. The number of phenols is 1. The highest BCUT2D eigenvalue weighted by Gasteiger charge is 2.14. The Morgan fingerprint density at radius 3 is 2.65 bits per heavy atom. The van der Waals surface area contributed by atoms with E-state index in [-0.39, 0.29) is 23.1 Å². The van der Waals surface area contributed by atoms with E-state index in [4.69, 9.17) is 11.6 Å². The topological polar surface area (TPSA) is 49.3 Å². The highest BCUT2D eigenvalue weighted by Crippen LogP contribution is 2.18. The van der Waals surface area contributed by atoms with E-state index in [2.05, 4.69) is 5.32 Å². The number of phenolic OH excluding ortho intramolecular Hbond substituents is 1. The van der Waals surface area contributed by atoms with Crippen molar-refractivity contribution in [1.82, 2.24) is 5.32 Å². The number of hydrogen-bond acceptors (Lipinski definition) is 2. The minimum absolute atomic E-state index is 0.00798. The van der Waals surface area contributed by atoms with Crippen molar-refractivity contribution in [3.05, 3.63) is 29.3 Å². The molecule has 2 unspecified atom stereocenters. The van der Waals surface area contributed by atoms with E-state index in [9.17, 15) is 9.90 Å². The minimum atomic E-state index is -0.271. The van der Waals surface area contributed by atoms with Crippen LogP contribution >= 0.6 is 11.6 Å². The molecule has 0 radical (unpaired) electrons. The van der Waals surface area contributed by atoms with Gasteiger partial charge in [-0.2, -0.15) is 0 Å². The first kappa shape index (κ1) is 13.8. The second-order valence-corrected chi connectivity index (χ2v) is 5.16. The van der Waals surface area contributed by atoms with Crippen LogP contribution in [-0.2, 0) is 0 Å². The average Bonchev–Trinajstić information content (AvgIpc) is 2.15. The first-order chi connectivity index (χ1) is 7.90. The number of alkyl halides is 1. The maximum absolute atomic E-state index is 11.9. The van der Waals surface area contributed by atoms with Crippen LogP contribution in [0.25, 0.3) is 0 Å². The molecule has 17 heavy (non-hydrogen) atoms.